The van der Waals surface area contributed by atoms with Gasteiger partial charge in [-0.25, -0.2) is 13.2 Å². The molecule has 3 aliphatic heterocycles. The van der Waals surface area contributed by atoms with E-state index in [-0.39, 0.29) is 32.4 Å². The Morgan fingerprint density at radius 1 is 1.04 bits per heavy atom. The van der Waals surface area contributed by atoms with Crippen molar-refractivity contribution < 1.29 is 32.3 Å². The van der Waals surface area contributed by atoms with Crippen LogP contribution in [0.15, 0.2) is 60.7 Å². The second-order valence-corrected chi connectivity index (χ2v) is 17.2. The number of nitrogens with one attached hydrogen (secondary N) is 2. The van der Waals surface area contributed by atoms with Gasteiger partial charge >= 0.3 is 6.09 Å². The summed E-state index contributed by atoms with van der Waals surface area (Å²) in [4.78, 5) is 58.1. The summed E-state index contributed by atoms with van der Waals surface area (Å²) in [6.07, 6.45) is 7.33. The topological polar surface area (TPSA) is 168 Å². The Morgan fingerprint density at radius 2 is 1.82 bits per heavy atom. The first kappa shape index (κ1) is 35.5. The van der Waals surface area contributed by atoms with Gasteiger partial charge in [-0.1, -0.05) is 79.1 Å². The van der Waals surface area contributed by atoms with E-state index in [2.05, 4.69) is 10.0 Å². The summed E-state index contributed by atoms with van der Waals surface area (Å²) in [6.45, 7) is 0.553. The van der Waals surface area contributed by atoms with Gasteiger partial charge in [0, 0.05) is 23.9 Å². The average molecular weight is 738 g/mol. The molecule has 0 bridgehead atoms. The van der Waals surface area contributed by atoms with Crippen LogP contribution in [0.4, 0.5) is 4.79 Å². The minimum atomic E-state index is -4.10. The molecule has 4 amide bonds. The van der Waals surface area contributed by atoms with Crippen LogP contribution in [-0.2, 0) is 48.7 Å². The number of rotatable bonds is 6. The summed E-state index contributed by atoms with van der Waals surface area (Å²) in [5.74, 6) is -2.29. The molecule has 1 saturated heterocycles. The Kier molecular flexibility index (Phi) is 9.66. The molecular weight excluding hydrogens is 694 g/mol. The molecule has 14 heteroatoms. The Balaban J connectivity index is 1.09. The number of carbonyl (C=O) groups excluding carboxylic acids is 4. The van der Waals surface area contributed by atoms with Gasteiger partial charge in [0.2, 0.25) is 21.8 Å². The number of carbonyl (C=O) groups is 4. The van der Waals surface area contributed by atoms with Crippen molar-refractivity contribution in [2.75, 3.05) is 6.54 Å². The van der Waals surface area contributed by atoms with Gasteiger partial charge in [-0.15, -0.1) is 0 Å². The van der Waals surface area contributed by atoms with Gasteiger partial charge < -0.3 is 20.7 Å². The average Bonchev–Trinajstić information content (AvgIpc) is 3.92. The van der Waals surface area contributed by atoms with Crippen LogP contribution in [0.5, 0.6) is 0 Å². The zero-order valence-corrected chi connectivity index (χ0v) is 30.0. The van der Waals surface area contributed by atoms with Gasteiger partial charge in [0.15, 0.2) is 0 Å². The monoisotopic (exact) mass is 737 g/mol. The fourth-order valence-corrected chi connectivity index (χ4v) is 9.65. The fraction of sp³-hybridized carbons (Fsp3) is 0.514. The lowest BCUT2D eigenvalue weighted by Crippen LogP contribution is -2.58. The number of hydrogen-bond donors (Lipinski definition) is 3. The lowest BCUT2D eigenvalue weighted by Gasteiger charge is -2.28. The maximum atomic E-state index is 14.2. The Hall–Kier alpha value is -3.94. The van der Waals surface area contributed by atoms with Gasteiger partial charge in [-0.2, -0.15) is 0 Å². The smallest absolute Gasteiger partial charge is 0.410 e. The summed E-state index contributed by atoms with van der Waals surface area (Å²) in [5, 5.41) is 3.43. The van der Waals surface area contributed by atoms with Crippen LogP contribution in [0.1, 0.15) is 74.5 Å². The number of fused-ring (bicyclic) bond motifs is 3. The number of amides is 4. The van der Waals surface area contributed by atoms with Crippen LogP contribution in [0.25, 0.3) is 0 Å². The van der Waals surface area contributed by atoms with Crippen LogP contribution >= 0.6 is 11.6 Å². The van der Waals surface area contributed by atoms with E-state index in [9.17, 15) is 27.6 Å². The van der Waals surface area contributed by atoms with Crippen LogP contribution in [0, 0.1) is 5.92 Å². The number of nitrogens with two attached hydrogens (primary N) is 1. The zero-order valence-electron chi connectivity index (χ0n) is 28.4. The highest BCUT2D eigenvalue weighted by Gasteiger charge is 2.63. The molecule has 0 radical (unpaired) electrons. The van der Waals surface area contributed by atoms with E-state index in [1.54, 1.807) is 6.07 Å². The number of allylic oxidation sites excluding steroid dienone is 1. The first-order valence-corrected chi connectivity index (χ1v) is 19.6. The number of benzene rings is 2. The second kappa shape index (κ2) is 13.9. The highest BCUT2D eigenvalue weighted by molar-refractivity contribution is 7.91. The second-order valence-electron chi connectivity index (χ2n) is 14.7. The summed E-state index contributed by atoms with van der Waals surface area (Å²) >= 11 is 6.35. The predicted octanol–water partition coefficient (Wildman–Crippen LogP) is 3.71. The maximum absolute atomic E-state index is 14.2. The molecule has 3 heterocycles. The molecule has 2 aromatic carbocycles. The fourth-order valence-electron chi connectivity index (χ4n) is 7.76. The third kappa shape index (κ3) is 7.12. The van der Waals surface area contributed by atoms with Crippen molar-refractivity contribution >= 4 is 45.4 Å². The highest BCUT2D eigenvalue weighted by atomic mass is 35.5. The molecule has 2 saturated carbocycles. The Labute approximate surface area is 303 Å². The Bertz CT molecular complexity index is 1850. The van der Waals surface area contributed by atoms with Crippen LogP contribution in [0.3, 0.4) is 0 Å². The summed E-state index contributed by atoms with van der Waals surface area (Å²) in [7, 11) is -4.10. The van der Waals surface area contributed by atoms with Crippen molar-refractivity contribution in [3.8, 4) is 0 Å². The number of ether oxygens (including phenoxy) is 1. The Morgan fingerprint density at radius 3 is 2.57 bits per heavy atom. The molecule has 3 fully saturated rings. The van der Waals surface area contributed by atoms with Crippen LogP contribution < -0.4 is 15.8 Å². The number of sulfonamides is 1. The summed E-state index contributed by atoms with van der Waals surface area (Å²) < 4.78 is 34.6. The molecule has 5 atom stereocenters. The lowest BCUT2D eigenvalue weighted by molar-refractivity contribution is -0.140. The highest BCUT2D eigenvalue weighted by Crippen LogP contribution is 2.49. The predicted molar refractivity (Wildman–Crippen MR) is 189 cm³/mol. The number of halogens is 1. The van der Waals surface area contributed by atoms with Crippen LogP contribution in [-0.4, -0.2) is 77.1 Å². The normalized spacial score (nSPS) is 29.4. The first-order valence-electron chi connectivity index (χ1n) is 17.8. The first-order chi connectivity index (χ1) is 24.4. The van der Waals surface area contributed by atoms with Crippen molar-refractivity contribution in [3.63, 3.8) is 0 Å². The van der Waals surface area contributed by atoms with E-state index in [0.29, 0.717) is 30.8 Å². The number of nitrogens with zero attached hydrogens (tertiary/aromatic N) is 2. The molecule has 272 valence electrons. The van der Waals surface area contributed by atoms with Crippen LogP contribution in [0.2, 0.25) is 5.02 Å². The molecule has 2 aromatic rings. The molecule has 1 unspecified atom stereocenters. The van der Waals surface area contributed by atoms with Gasteiger partial charge in [0.1, 0.15) is 17.7 Å². The van der Waals surface area contributed by atoms with Crippen molar-refractivity contribution in [2.45, 2.75) is 106 Å². The summed E-state index contributed by atoms with van der Waals surface area (Å²) in [6, 6.07) is 12.8. The molecular formula is C37H44ClN5O7S. The standard InChI is InChI=1S/C37H44ClN5O7S/c38-29-14-9-12-25-21-42(23-28(25)29)35(47)50-27-18-31-32(44)40-37(20-26(37)13-7-2-1-3-8-15-30(39)33(45)43(31)22-27)34(46)41-51(48,49)36(16-17-36)19-24-10-5-4-6-11-24/h4-7,9-14,26-27,30-31H,1-3,8,15-23,39H2,(H,40,44)(H,41,46)/b13-7-/t26-,27-,30?,31+,37-/m1/s1. The molecule has 0 spiro atoms. The van der Waals surface area contributed by atoms with E-state index in [0.717, 1.165) is 42.4 Å². The minimum Gasteiger partial charge on any atom is -0.444 e. The van der Waals surface area contributed by atoms with Crippen molar-refractivity contribution in [3.05, 3.63) is 82.4 Å². The van der Waals surface area contributed by atoms with Gasteiger partial charge in [0.25, 0.3) is 5.91 Å². The van der Waals surface area contributed by atoms with Gasteiger partial charge in [-0.05, 0) is 67.7 Å². The molecule has 0 aromatic heterocycles. The van der Waals surface area contributed by atoms with E-state index in [1.165, 1.54) is 9.80 Å². The van der Waals surface area contributed by atoms with E-state index < -0.39 is 68.2 Å². The molecule has 5 aliphatic rings. The third-order valence-corrected chi connectivity index (χ3v) is 13.6. The minimum absolute atomic E-state index is 0.00569. The van der Waals surface area contributed by atoms with E-state index >= 15 is 0 Å². The van der Waals surface area contributed by atoms with Gasteiger partial charge in [-0.3, -0.25) is 24.0 Å². The zero-order chi connectivity index (χ0) is 36.0. The molecule has 51 heavy (non-hydrogen) atoms. The maximum Gasteiger partial charge on any atom is 0.410 e. The summed E-state index contributed by atoms with van der Waals surface area (Å²) in [5.41, 5.74) is 7.47. The van der Waals surface area contributed by atoms with Crippen molar-refractivity contribution in [1.29, 1.82) is 0 Å². The third-order valence-electron chi connectivity index (χ3n) is 11.1. The van der Waals surface area contributed by atoms with E-state index in [4.69, 9.17) is 22.1 Å². The van der Waals surface area contributed by atoms with Crippen molar-refractivity contribution in [2.24, 2.45) is 11.7 Å². The quantitative estimate of drug-likeness (QED) is 0.377. The van der Waals surface area contributed by atoms with E-state index in [1.807, 2.05) is 54.6 Å². The SMILES string of the molecule is NC1CCCCC/C=C\[C@@H]2C[C@@]2(C(=O)NS(=O)(=O)C2(Cc3ccccc3)CC2)NC(=O)[C@@H]2C[C@@H](OC(=O)N3Cc4cccc(Cl)c4C3)CN2C1=O. The molecule has 7 rings (SSSR count). The van der Waals surface area contributed by atoms with Gasteiger partial charge in [0.05, 0.1) is 23.9 Å². The van der Waals surface area contributed by atoms with Crippen molar-refractivity contribution in [1.82, 2.24) is 19.8 Å². The number of hydrogen-bond acceptors (Lipinski definition) is 8. The lowest BCUT2D eigenvalue weighted by atomic mass is 10.1. The largest absolute Gasteiger partial charge is 0.444 e. The molecule has 12 nitrogen and oxygen atoms in total. The molecule has 4 N–H and O–H groups in total. The molecule has 2 aliphatic carbocycles.